The van der Waals surface area contributed by atoms with Crippen LogP contribution in [0.25, 0.3) is 6.08 Å². The quantitative estimate of drug-likeness (QED) is 0.769. The van der Waals surface area contributed by atoms with Crippen molar-refractivity contribution >= 4 is 12.0 Å². The Labute approximate surface area is 150 Å². The number of furan rings is 1. The molecule has 2 aliphatic rings. The van der Waals surface area contributed by atoms with Crippen LogP contribution in [0.1, 0.15) is 38.9 Å². The number of hydrogen-bond donors (Lipinski definition) is 0. The predicted octanol–water partition coefficient (Wildman–Crippen LogP) is 3.03. The zero-order valence-corrected chi connectivity index (χ0v) is 15.4. The van der Waals surface area contributed by atoms with Crippen LogP contribution in [-0.4, -0.2) is 60.6 Å². The van der Waals surface area contributed by atoms with Crippen molar-refractivity contribution in [2.75, 3.05) is 32.7 Å². The van der Waals surface area contributed by atoms with Crippen LogP contribution in [0.3, 0.4) is 0 Å². The summed E-state index contributed by atoms with van der Waals surface area (Å²) < 4.78 is 11.0. The van der Waals surface area contributed by atoms with Gasteiger partial charge >= 0.3 is 0 Å². The molecular weight excluding hydrogens is 316 g/mol. The average Bonchev–Trinajstić information content (AvgIpc) is 3.11. The maximum Gasteiger partial charge on any atom is 0.246 e. The minimum atomic E-state index is 0.0886. The molecule has 3 heterocycles. The Kier molecular flexibility index (Phi) is 6.32. The molecule has 0 radical (unpaired) electrons. The molecule has 0 unspecified atom stereocenters. The SMILES string of the molecule is C[C@@H]1CN(CCC2CCN(C(=O)/C=C/c3ccco3)CC2)C[C@H](C)O1. The van der Waals surface area contributed by atoms with E-state index in [4.69, 9.17) is 9.15 Å². The highest BCUT2D eigenvalue weighted by Crippen LogP contribution is 2.22. The number of ether oxygens (including phenoxy) is 1. The van der Waals surface area contributed by atoms with Crippen LogP contribution in [-0.2, 0) is 9.53 Å². The Morgan fingerprint density at radius 1 is 1.24 bits per heavy atom. The van der Waals surface area contributed by atoms with Crippen LogP contribution in [0, 0.1) is 5.92 Å². The second-order valence-corrected chi connectivity index (χ2v) is 7.42. The smallest absolute Gasteiger partial charge is 0.246 e. The molecule has 5 nitrogen and oxygen atoms in total. The van der Waals surface area contributed by atoms with E-state index in [1.807, 2.05) is 17.0 Å². The summed E-state index contributed by atoms with van der Waals surface area (Å²) in [5.41, 5.74) is 0. The summed E-state index contributed by atoms with van der Waals surface area (Å²) in [6.07, 6.45) is 9.10. The minimum Gasteiger partial charge on any atom is -0.465 e. The van der Waals surface area contributed by atoms with E-state index >= 15 is 0 Å². The summed E-state index contributed by atoms with van der Waals surface area (Å²) in [7, 11) is 0. The monoisotopic (exact) mass is 346 g/mol. The molecule has 0 spiro atoms. The highest BCUT2D eigenvalue weighted by Gasteiger charge is 2.25. The van der Waals surface area contributed by atoms with Crippen molar-refractivity contribution in [3.05, 3.63) is 30.2 Å². The maximum atomic E-state index is 12.3. The van der Waals surface area contributed by atoms with Crippen molar-refractivity contribution in [2.45, 2.75) is 45.3 Å². The summed E-state index contributed by atoms with van der Waals surface area (Å²) in [5, 5.41) is 0. The van der Waals surface area contributed by atoms with Gasteiger partial charge in [-0.25, -0.2) is 0 Å². The number of amides is 1. The average molecular weight is 346 g/mol. The van der Waals surface area contributed by atoms with Crippen LogP contribution < -0.4 is 0 Å². The number of piperidine rings is 1. The first-order valence-electron chi connectivity index (χ1n) is 9.48. The lowest BCUT2D eigenvalue weighted by Crippen LogP contribution is -2.46. The summed E-state index contributed by atoms with van der Waals surface area (Å²) in [6.45, 7) is 9.27. The zero-order valence-electron chi connectivity index (χ0n) is 15.4. The van der Waals surface area contributed by atoms with E-state index in [0.717, 1.165) is 57.2 Å². The van der Waals surface area contributed by atoms with Gasteiger partial charge in [0.1, 0.15) is 5.76 Å². The summed E-state index contributed by atoms with van der Waals surface area (Å²) in [4.78, 5) is 16.7. The maximum absolute atomic E-state index is 12.3. The van der Waals surface area contributed by atoms with E-state index < -0.39 is 0 Å². The van der Waals surface area contributed by atoms with Gasteiger partial charge in [-0.15, -0.1) is 0 Å². The van der Waals surface area contributed by atoms with E-state index in [-0.39, 0.29) is 5.91 Å². The van der Waals surface area contributed by atoms with E-state index in [1.165, 1.54) is 6.42 Å². The van der Waals surface area contributed by atoms with Gasteiger partial charge in [0.2, 0.25) is 5.91 Å². The fourth-order valence-corrected chi connectivity index (χ4v) is 3.92. The van der Waals surface area contributed by atoms with Crippen LogP contribution in [0.5, 0.6) is 0 Å². The first-order valence-corrected chi connectivity index (χ1v) is 9.48. The molecule has 138 valence electrons. The number of rotatable bonds is 5. The van der Waals surface area contributed by atoms with Crippen molar-refractivity contribution in [3.63, 3.8) is 0 Å². The molecule has 0 aromatic carbocycles. The second-order valence-electron chi connectivity index (χ2n) is 7.42. The van der Waals surface area contributed by atoms with Crippen LogP contribution in [0.4, 0.5) is 0 Å². The summed E-state index contributed by atoms with van der Waals surface area (Å²) in [5.74, 6) is 1.54. The van der Waals surface area contributed by atoms with E-state index in [0.29, 0.717) is 12.2 Å². The number of likely N-dealkylation sites (tertiary alicyclic amines) is 1. The molecule has 0 bridgehead atoms. The Morgan fingerprint density at radius 2 is 1.96 bits per heavy atom. The highest BCUT2D eigenvalue weighted by atomic mass is 16.5. The third-order valence-corrected chi connectivity index (χ3v) is 5.21. The van der Waals surface area contributed by atoms with Gasteiger partial charge in [0.25, 0.3) is 0 Å². The molecule has 2 saturated heterocycles. The molecule has 25 heavy (non-hydrogen) atoms. The molecule has 2 aliphatic heterocycles. The number of carbonyl (C=O) groups excluding carboxylic acids is 1. The van der Waals surface area contributed by atoms with Crippen molar-refractivity contribution in [1.82, 2.24) is 9.80 Å². The second kappa shape index (κ2) is 8.68. The van der Waals surface area contributed by atoms with Gasteiger partial charge in [0, 0.05) is 32.3 Å². The van der Waals surface area contributed by atoms with E-state index in [2.05, 4.69) is 18.7 Å². The first kappa shape index (κ1) is 18.2. The number of carbonyl (C=O) groups is 1. The number of hydrogen-bond acceptors (Lipinski definition) is 4. The number of nitrogens with zero attached hydrogens (tertiary/aromatic N) is 2. The molecule has 2 fully saturated rings. The van der Waals surface area contributed by atoms with E-state index in [1.54, 1.807) is 18.4 Å². The van der Waals surface area contributed by atoms with E-state index in [9.17, 15) is 4.79 Å². The molecule has 1 amide bonds. The fourth-order valence-electron chi connectivity index (χ4n) is 3.92. The van der Waals surface area contributed by atoms with Gasteiger partial charge in [0.05, 0.1) is 18.5 Å². The van der Waals surface area contributed by atoms with Gasteiger partial charge in [-0.05, 0) is 63.8 Å². The van der Waals surface area contributed by atoms with Crippen molar-refractivity contribution in [2.24, 2.45) is 5.92 Å². The molecular formula is C20H30N2O3. The Bertz CT molecular complexity index is 552. The minimum absolute atomic E-state index is 0.0886. The fraction of sp³-hybridized carbons (Fsp3) is 0.650. The standard InChI is InChI=1S/C20H30N2O3/c1-16-14-21(15-17(2)25-16)10-7-18-8-11-22(12-9-18)20(23)6-5-19-4-3-13-24-19/h3-6,13,16-18H,7-12,14-15H2,1-2H3/b6-5+/t16-,17+. The highest BCUT2D eigenvalue weighted by molar-refractivity contribution is 5.91. The lowest BCUT2D eigenvalue weighted by Gasteiger charge is -2.37. The molecule has 0 aliphatic carbocycles. The third kappa shape index (κ3) is 5.44. The first-order chi connectivity index (χ1) is 12.1. The number of morpholine rings is 1. The Hall–Kier alpha value is -1.59. The molecule has 1 aromatic rings. The molecule has 2 atom stereocenters. The van der Waals surface area contributed by atoms with Gasteiger partial charge in [-0.1, -0.05) is 0 Å². The lowest BCUT2D eigenvalue weighted by molar-refractivity contribution is -0.127. The normalized spacial score (nSPS) is 26.4. The Balaban J connectivity index is 1.37. The molecule has 0 N–H and O–H groups in total. The van der Waals surface area contributed by atoms with Crippen LogP contribution in [0.2, 0.25) is 0 Å². The third-order valence-electron chi connectivity index (χ3n) is 5.21. The van der Waals surface area contributed by atoms with Gasteiger partial charge in [-0.2, -0.15) is 0 Å². The molecule has 1 aromatic heterocycles. The van der Waals surface area contributed by atoms with Gasteiger partial charge < -0.3 is 14.1 Å². The largest absolute Gasteiger partial charge is 0.465 e. The van der Waals surface area contributed by atoms with Crippen molar-refractivity contribution in [3.8, 4) is 0 Å². The Morgan fingerprint density at radius 3 is 2.60 bits per heavy atom. The molecule has 5 heteroatoms. The van der Waals surface area contributed by atoms with Crippen LogP contribution in [0.15, 0.2) is 28.9 Å². The molecule has 0 saturated carbocycles. The zero-order chi connectivity index (χ0) is 17.6. The predicted molar refractivity (Wildman–Crippen MR) is 98.1 cm³/mol. The van der Waals surface area contributed by atoms with Crippen molar-refractivity contribution < 1.29 is 13.9 Å². The lowest BCUT2D eigenvalue weighted by atomic mass is 9.93. The summed E-state index contributed by atoms with van der Waals surface area (Å²) in [6, 6.07) is 3.68. The summed E-state index contributed by atoms with van der Waals surface area (Å²) >= 11 is 0. The van der Waals surface area contributed by atoms with Gasteiger partial charge in [0.15, 0.2) is 0 Å². The van der Waals surface area contributed by atoms with Gasteiger partial charge in [-0.3, -0.25) is 9.69 Å². The van der Waals surface area contributed by atoms with Crippen LogP contribution >= 0.6 is 0 Å². The topological polar surface area (TPSA) is 45.9 Å². The van der Waals surface area contributed by atoms with Crippen molar-refractivity contribution in [1.29, 1.82) is 0 Å². The molecule has 3 rings (SSSR count).